The molecule has 0 aliphatic carbocycles. The number of thiophene rings is 1. The highest BCUT2D eigenvalue weighted by atomic mass is 32.1. The van der Waals surface area contributed by atoms with Crippen LogP contribution in [0.15, 0.2) is 47.3 Å². The molecule has 5 rings (SSSR count). The molecule has 0 bridgehead atoms. The van der Waals surface area contributed by atoms with Crippen molar-refractivity contribution in [2.24, 2.45) is 0 Å². The number of benzene rings is 1. The molecule has 1 saturated heterocycles. The molecule has 0 unspecified atom stereocenters. The van der Waals surface area contributed by atoms with Crippen molar-refractivity contribution in [3.8, 4) is 11.3 Å². The van der Waals surface area contributed by atoms with Crippen LogP contribution in [0.1, 0.15) is 29.4 Å². The molecule has 1 aromatic carbocycles. The van der Waals surface area contributed by atoms with Crippen LogP contribution in [-0.4, -0.2) is 49.1 Å². The van der Waals surface area contributed by atoms with Gasteiger partial charge in [-0.2, -0.15) is 16.4 Å². The largest absolute Gasteiger partial charge is 0.337 e. The third kappa shape index (κ3) is 2.91. The first kappa shape index (κ1) is 16.2. The fourth-order valence-corrected chi connectivity index (χ4v) is 4.26. The van der Waals surface area contributed by atoms with E-state index in [1.807, 2.05) is 45.4 Å². The summed E-state index contributed by atoms with van der Waals surface area (Å²) < 4.78 is 1.94. The quantitative estimate of drug-likeness (QED) is 0.593. The molecule has 1 aliphatic heterocycles. The SMILES string of the molecule is O=C(c1n[nH]c2ccccc12)N1CCC(n2cc(-c3ccsc3)nn2)CC1. The first-order valence-electron chi connectivity index (χ1n) is 8.96. The number of aromatic amines is 1. The van der Waals surface area contributed by atoms with Crippen molar-refractivity contribution in [2.75, 3.05) is 13.1 Å². The molecule has 1 amide bonds. The van der Waals surface area contributed by atoms with Crippen molar-refractivity contribution in [3.05, 3.63) is 53.0 Å². The number of fused-ring (bicyclic) bond motifs is 1. The van der Waals surface area contributed by atoms with Gasteiger partial charge in [0.1, 0.15) is 5.69 Å². The molecular formula is C19H18N6OS. The maximum atomic E-state index is 12.9. The Hall–Kier alpha value is -3.00. The molecule has 136 valence electrons. The molecule has 4 aromatic rings. The first-order chi connectivity index (χ1) is 13.3. The van der Waals surface area contributed by atoms with Crippen molar-refractivity contribution < 1.29 is 4.79 Å². The second-order valence-electron chi connectivity index (χ2n) is 6.74. The van der Waals surface area contributed by atoms with Gasteiger partial charge in [0.05, 0.1) is 17.8 Å². The van der Waals surface area contributed by atoms with Crippen LogP contribution in [0.25, 0.3) is 22.2 Å². The number of carbonyl (C=O) groups is 1. The van der Waals surface area contributed by atoms with Crippen molar-refractivity contribution in [1.82, 2.24) is 30.1 Å². The van der Waals surface area contributed by atoms with Gasteiger partial charge in [0.15, 0.2) is 5.69 Å². The van der Waals surface area contributed by atoms with E-state index < -0.39 is 0 Å². The summed E-state index contributed by atoms with van der Waals surface area (Å²) in [6.07, 6.45) is 3.73. The highest BCUT2D eigenvalue weighted by molar-refractivity contribution is 7.08. The minimum Gasteiger partial charge on any atom is -0.337 e. The average molecular weight is 378 g/mol. The number of H-pyrrole nitrogens is 1. The van der Waals surface area contributed by atoms with Gasteiger partial charge in [0.2, 0.25) is 0 Å². The monoisotopic (exact) mass is 378 g/mol. The molecule has 0 atom stereocenters. The van der Waals surface area contributed by atoms with E-state index in [1.54, 1.807) is 11.3 Å². The van der Waals surface area contributed by atoms with E-state index in [4.69, 9.17) is 0 Å². The van der Waals surface area contributed by atoms with Gasteiger partial charge in [0.25, 0.3) is 5.91 Å². The summed E-state index contributed by atoms with van der Waals surface area (Å²) in [6, 6.07) is 10.0. The Morgan fingerprint density at radius 3 is 2.85 bits per heavy atom. The van der Waals surface area contributed by atoms with E-state index in [0.29, 0.717) is 18.8 Å². The lowest BCUT2D eigenvalue weighted by Crippen LogP contribution is -2.39. The number of piperidine rings is 1. The molecule has 7 nitrogen and oxygen atoms in total. The number of nitrogens with zero attached hydrogens (tertiary/aromatic N) is 5. The molecule has 4 heterocycles. The van der Waals surface area contributed by atoms with Gasteiger partial charge in [0, 0.05) is 29.4 Å². The van der Waals surface area contributed by atoms with Crippen molar-refractivity contribution in [2.45, 2.75) is 18.9 Å². The lowest BCUT2D eigenvalue weighted by atomic mass is 10.0. The van der Waals surface area contributed by atoms with E-state index in [2.05, 4.69) is 32.0 Å². The van der Waals surface area contributed by atoms with Gasteiger partial charge in [-0.05, 0) is 30.4 Å². The number of carbonyl (C=O) groups excluding carboxylic acids is 1. The Labute approximate surface area is 159 Å². The normalized spacial score (nSPS) is 15.5. The number of hydrogen-bond acceptors (Lipinski definition) is 5. The number of amides is 1. The average Bonchev–Trinajstić information content (AvgIpc) is 3.47. The highest BCUT2D eigenvalue weighted by Crippen LogP contribution is 2.26. The van der Waals surface area contributed by atoms with Crippen LogP contribution in [0.4, 0.5) is 0 Å². The van der Waals surface area contributed by atoms with Gasteiger partial charge >= 0.3 is 0 Å². The second kappa shape index (κ2) is 6.62. The molecule has 8 heteroatoms. The number of aromatic nitrogens is 5. The van der Waals surface area contributed by atoms with E-state index in [-0.39, 0.29) is 11.9 Å². The van der Waals surface area contributed by atoms with E-state index in [0.717, 1.165) is 35.0 Å². The second-order valence-corrected chi connectivity index (χ2v) is 7.52. The molecule has 1 aliphatic rings. The van der Waals surface area contributed by atoms with Gasteiger partial charge in [-0.1, -0.05) is 23.4 Å². The molecule has 0 saturated carbocycles. The zero-order valence-electron chi connectivity index (χ0n) is 14.6. The Balaban J connectivity index is 1.28. The Bertz CT molecular complexity index is 1070. The zero-order chi connectivity index (χ0) is 18.2. The van der Waals surface area contributed by atoms with Crippen LogP contribution >= 0.6 is 11.3 Å². The topological polar surface area (TPSA) is 79.7 Å². The van der Waals surface area contributed by atoms with Crippen LogP contribution in [0.3, 0.4) is 0 Å². The van der Waals surface area contributed by atoms with Gasteiger partial charge < -0.3 is 4.90 Å². The van der Waals surface area contributed by atoms with Gasteiger partial charge in [-0.3, -0.25) is 9.89 Å². The molecule has 3 aromatic heterocycles. The minimum absolute atomic E-state index is 0.0107. The van der Waals surface area contributed by atoms with Crippen molar-refractivity contribution in [3.63, 3.8) is 0 Å². The van der Waals surface area contributed by atoms with Crippen molar-refractivity contribution >= 4 is 28.1 Å². The number of rotatable bonds is 3. The Morgan fingerprint density at radius 2 is 2.04 bits per heavy atom. The molecular weight excluding hydrogens is 360 g/mol. The minimum atomic E-state index is -0.0107. The summed E-state index contributed by atoms with van der Waals surface area (Å²) in [5.41, 5.74) is 3.39. The lowest BCUT2D eigenvalue weighted by Gasteiger charge is -2.31. The van der Waals surface area contributed by atoms with Crippen molar-refractivity contribution in [1.29, 1.82) is 0 Å². The molecule has 0 spiro atoms. The van der Waals surface area contributed by atoms with Crippen LogP contribution < -0.4 is 0 Å². The van der Waals surface area contributed by atoms with Crippen LogP contribution in [0.5, 0.6) is 0 Å². The summed E-state index contributed by atoms with van der Waals surface area (Å²) >= 11 is 1.65. The van der Waals surface area contributed by atoms with E-state index in [1.165, 1.54) is 0 Å². The van der Waals surface area contributed by atoms with Crippen LogP contribution in [-0.2, 0) is 0 Å². The van der Waals surface area contributed by atoms with Gasteiger partial charge in [-0.25, -0.2) is 4.68 Å². The molecule has 0 radical (unpaired) electrons. The fourth-order valence-electron chi connectivity index (χ4n) is 3.61. The number of nitrogens with one attached hydrogen (secondary N) is 1. The standard InChI is InChI=1S/C19H18N6OS/c26-19(18-15-3-1-2-4-16(15)20-22-18)24-8-5-14(6-9-24)25-11-17(21-23-25)13-7-10-27-12-13/h1-4,7,10-12,14H,5-6,8-9H2,(H,20,22). The predicted octanol–water partition coefficient (Wildman–Crippen LogP) is 3.36. The molecule has 1 N–H and O–H groups in total. The maximum Gasteiger partial charge on any atom is 0.274 e. The third-order valence-corrected chi connectivity index (χ3v) is 5.81. The number of para-hydroxylation sites is 1. The fraction of sp³-hybridized carbons (Fsp3) is 0.263. The van der Waals surface area contributed by atoms with E-state index in [9.17, 15) is 4.79 Å². The summed E-state index contributed by atoms with van der Waals surface area (Å²) in [4.78, 5) is 14.8. The number of likely N-dealkylation sites (tertiary alicyclic amines) is 1. The number of hydrogen-bond donors (Lipinski definition) is 1. The molecule has 1 fully saturated rings. The molecule has 27 heavy (non-hydrogen) atoms. The summed E-state index contributed by atoms with van der Waals surface area (Å²) in [5.74, 6) is -0.0107. The predicted molar refractivity (Wildman–Crippen MR) is 104 cm³/mol. The summed E-state index contributed by atoms with van der Waals surface area (Å²) in [5, 5.41) is 20.8. The zero-order valence-corrected chi connectivity index (χ0v) is 15.4. The highest BCUT2D eigenvalue weighted by Gasteiger charge is 2.27. The summed E-state index contributed by atoms with van der Waals surface area (Å²) in [7, 11) is 0. The van der Waals surface area contributed by atoms with Crippen LogP contribution in [0.2, 0.25) is 0 Å². The lowest BCUT2D eigenvalue weighted by molar-refractivity contribution is 0.0685. The van der Waals surface area contributed by atoms with Gasteiger partial charge in [-0.15, -0.1) is 5.10 Å². The smallest absolute Gasteiger partial charge is 0.274 e. The Morgan fingerprint density at radius 1 is 1.19 bits per heavy atom. The van der Waals surface area contributed by atoms with Crippen LogP contribution in [0, 0.1) is 0 Å². The first-order valence-corrected chi connectivity index (χ1v) is 9.90. The third-order valence-electron chi connectivity index (χ3n) is 5.13. The van der Waals surface area contributed by atoms with E-state index >= 15 is 0 Å². The Kier molecular flexibility index (Phi) is 3.97. The summed E-state index contributed by atoms with van der Waals surface area (Å²) in [6.45, 7) is 1.39. The maximum absolute atomic E-state index is 12.9.